The van der Waals surface area contributed by atoms with E-state index in [-0.39, 0.29) is 0 Å². The van der Waals surface area contributed by atoms with Crippen LogP contribution in [-0.4, -0.2) is 35.9 Å². The minimum Gasteiger partial charge on any atom is -0.353 e. The molecule has 0 aliphatic rings. The predicted octanol–water partition coefficient (Wildman–Crippen LogP) is 2.57. The van der Waals surface area contributed by atoms with E-state index in [1.165, 1.54) is 0 Å². The van der Waals surface area contributed by atoms with Crippen LogP contribution in [0.2, 0.25) is 0 Å². The first-order chi connectivity index (χ1) is 6.63. The van der Waals surface area contributed by atoms with Crippen molar-refractivity contribution in [2.45, 2.75) is 11.3 Å². The molecule has 1 aromatic rings. The maximum absolute atomic E-state index is 5.72. The Bertz CT molecular complexity index is 277. The summed E-state index contributed by atoms with van der Waals surface area (Å²) in [7, 11) is 3.94. The van der Waals surface area contributed by atoms with Crippen LogP contribution in [0.4, 0.5) is 5.13 Å². The molecule has 0 spiro atoms. The summed E-state index contributed by atoms with van der Waals surface area (Å²) in [6.07, 6.45) is 0. The summed E-state index contributed by atoms with van der Waals surface area (Å²) in [5, 5.41) is 9.10. The summed E-state index contributed by atoms with van der Waals surface area (Å²) in [6, 6.07) is 0. The normalized spacial score (nSPS) is 12.9. The van der Waals surface area contributed by atoms with Gasteiger partial charge in [-0.15, -0.1) is 21.8 Å². The third-order valence-electron chi connectivity index (χ3n) is 1.53. The zero-order valence-electron chi connectivity index (χ0n) is 8.53. The SMILES string of the molecule is CC(CCl)CSc1nnc(N(C)C)s1. The largest absolute Gasteiger partial charge is 0.353 e. The molecule has 0 radical (unpaired) electrons. The molecule has 1 aromatic heterocycles. The van der Waals surface area contributed by atoms with E-state index in [4.69, 9.17) is 11.6 Å². The van der Waals surface area contributed by atoms with Crippen LogP contribution in [0.25, 0.3) is 0 Å². The number of anilines is 1. The van der Waals surface area contributed by atoms with Crippen LogP contribution >= 0.6 is 34.7 Å². The number of halogens is 1. The number of hydrogen-bond donors (Lipinski definition) is 0. The molecule has 0 N–H and O–H groups in total. The molecule has 14 heavy (non-hydrogen) atoms. The average Bonchev–Trinajstić information content (AvgIpc) is 2.62. The molecule has 0 fully saturated rings. The van der Waals surface area contributed by atoms with Crippen molar-refractivity contribution in [3.63, 3.8) is 0 Å². The zero-order valence-corrected chi connectivity index (χ0v) is 10.9. The van der Waals surface area contributed by atoms with Gasteiger partial charge >= 0.3 is 0 Å². The molecular weight excluding hydrogens is 238 g/mol. The van der Waals surface area contributed by atoms with Gasteiger partial charge in [-0.05, 0) is 5.92 Å². The van der Waals surface area contributed by atoms with Crippen molar-refractivity contribution in [2.75, 3.05) is 30.6 Å². The molecule has 0 amide bonds. The number of nitrogens with zero attached hydrogens (tertiary/aromatic N) is 3. The fourth-order valence-electron chi connectivity index (χ4n) is 0.700. The predicted molar refractivity (Wildman–Crippen MR) is 64.8 cm³/mol. The number of rotatable bonds is 5. The van der Waals surface area contributed by atoms with E-state index in [9.17, 15) is 0 Å². The van der Waals surface area contributed by atoms with Gasteiger partial charge in [-0.3, -0.25) is 0 Å². The lowest BCUT2D eigenvalue weighted by molar-refractivity contribution is 0.758. The molecular formula is C8H14ClN3S2. The van der Waals surface area contributed by atoms with Gasteiger partial charge in [0, 0.05) is 25.7 Å². The van der Waals surface area contributed by atoms with Crippen LogP contribution in [0.15, 0.2) is 4.34 Å². The van der Waals surface area contributed by atoms with Crippen LogP contribution in [-0.2, 0) is 0 Å². The van der Waals surface area contributed by atoms with Gasteiger partial charge in [-0.25, -0.2) is 0 Å². The quantitative estimate of drug-likeness (QED) is 0.594. The molecule has 0 saturated carbocycles. The standard InChI is InChI=1S/C8H14ClN3S2/c1-6(4-9)5-13-8-11-10-7(14-8)12(2)3/h6H,4-5H2,1-3H3. The summed E-state index contributed by atoms with van der Waals surface area (Å²) in [5.74, 6) is 2.23. The maximum Gasteiger partial charge on any atom is 0.208 e. The minimum atomic E-state index is 0.522. The van der Waals surface area contributed by atoms with Crippen LogP contribution in [0.5, 0.6) is 0 Å². The topological polar surface area (TPSA) is 29.0 Å². The van der Waals surface area contributed by atoms with Gasteiger partial charge in [0.1, 0.15) is 0 Å². The summed E-state index contributed by atoms with van der Waals surface area (Å²) >= 11 is 9.06. The Morgan fingerprint density at radius 1 is 1.50 bits per heavy atom. The summed E-state index contributed by atoms with van der Waals surface area (Å²) < 4.78 is 1.02. The van der Waals surface area contributed by atoms with Gasteiger partial charge in [0.15, 0.2) is 4.34 Å². The first-order valence-corrected chi connectivity index (χ1v) is 6.66. The monoisotopic (exact) mass is 251 g/mol. The molecule has 1 unspecified atom stereocenters. The fourth-order valence-corrected chi connectivity index (χ4v) is 2.75. The number of hydrogen-bond acceptors (Lipinski definition) is 5. The molecule has 1 heterocycles. The zero-order chi connectivity index (χ0) is 10.6. The molecule has 3 nitrogen and oxygen atoms in total. The van der Waals surface area contributed by atoms with Crippen molar-refractivity contribution in [1.29, 1.82) is 0 Å². The Morgan fingerprint density at radius 3 is 2.71 bits per heavy atom. The second-order valence-corrected chi connectivity index (χ2v) is 5.85. The lowest BCUT2D eigenvalue weighted by atomic mass is 10.3. The smallest absolute Gasteiger partial charge is 0.208 e. The Kier molecular flexibility index (Phi) is 4.98. The molecule has 0 saturated heterocycles. The third kappa shape index (κ3) is 3.63. The molecule has 1 rings (SSSR count). The van der Waals surface area contributed by atoms with Crippen LogP contribution < -0.4 is 4.90 Å². The van der Waals surface area contributed by atoms with Crippen LogP contribution in [0.3, 0.4) is 0 Å². The fraction of sp³-hybridized carbons (Fsp3) is 0.750. The summed E-state index contributed by atoms with van der Waals surface area (Å²) in [6.45, 7) is 2.13. The van der Waals surface area contributed by atoms with Crippen molar-refractivity contribution in [2.24, 2.45) is 5.92 Å². The van der Waals surface area contributed by atoms with Crippen molar-refractivity contribution >= 4 is 39.8 Å². The van der Waals surface area contributed by atoms with E-state index in [2.05, 4.69) is 17.1 Å². The molecule has 1 atom stereocenters. The number of aromatic nitrogens is 2. The Hall–Kier alpha value is -0.000000000000000139. The molecule has 0 aliphatic carbocycles. The van der Waals surface area contributed by atoms with Crippen molar-refractivity contribution in [1.82, 2.24) is 10.2 Å². The summed E-state index contributed by atoms with van der Waals surface area (Å²) in [4.78, 5) is 1.96. The second kappa shape index (κ2) is 5.78. The van der Waals surface area contributed by atoms with Gasteiger partial charge < -0.3 is 4.90 Å². The number of thioether (sulfide) groups is 1. The van der Waals surface area contributed by atoms with E-state index in [1.54, 1.807) is 23.1 Å². The minimum absolute atomic E-state index is 0.522. The van der Waals surface area contributed by atoms with Gasteiger partial charge in [-0.1, -0.05) is 30.0 Å². The van der Waals surface area contributed by atoms with Gasteiger partial charge in [0.2, 0.25) is 5.13 Å². The second-order valence-electron chi connectivity index (χ2n) is 3.32. The molecule has 0 aromatic carbocycles. The lowest BCUT2D eigenvalue weighted by Gasteiger charge is -2.04. The van der Waals surface area contributed by atoms with Gasteiger partial charge in [-0.2, -0.15) is 0 Å². The van der Waals surface area contributed by atoms with Crippen LogP contribution in [0.1, 0.15) is 6.92 Å². The molecule has 0 bridgehead atoms. The van der Waals surface area contributed by atoms with E-state index in [0.717, 1.165) is 15.2 Å². The van der Waals surface area contributed by atoms with Crippen molar-refractivity contribution in [3.8, 4) is 0 Å². The molecule has 6 heteroatoms. The van der Waals surface area contributed by atoms with E-state index in [0.29, 0.717) is 11.8 Å². The van der Waals surface area contributed by atoms with Gasteiger partial charge in [0.05, 0.1) is 0 Å². The first-order valence-electron chi connectivity index (χ1n) is 4.33. The third-order valence-corrected chi connectivity index (χ3v) is 4.61. The van der Waals surface area contributed by atoms with Gasteiger partial charge in [0.25, 0.3) is 0 Å². The summed E-state index contributed by atoms with van der Waals surface area (Å²) in [5.41, 5.74) is 0. The van der Waals surface area contributed by atoms with E-state index >= 15 is 0 Å². The lowest BCUT2D eigenvalue weighted by Crippen LogP contribution is -2.07. The highest BCUT2D eigenvalue weighted by atomic mass is 35.5. The van der Waals surface area contributed by atoms with Crippen molar-refractivity contribution in [3.05, 3.63) is 0 Å². The average molecular weight is 252 g/mol. The molecule has 80 valence electrons. The molecule has 0 aliphatic heterocycles. The Labute approximate surface area is 97.9 Å². The first kappa shape index (κ1) is 12.1. The highest BCUT2D eigenvalue weighted by Gasteiger charge is 2.07. The highest BCUT2D eigenvalue weighted by molar-refractivity contribution is 8.01. The van der Waals surface area contributed by atoms with Crippen LogP contribution in [0, 0.1) is 5.92 Å². The highest BCUT2D eigenvalue weighted by Crippen LogP contribution is 2.28. The Morgan fingerprint density at radius 2 is 2.21 bits per heavy atom. The number of alkyl halides is 1. The maximum atomic E-state index is 5.72. The van der Waals surface area contributed by atoms with E-state index < -0.39 is 0 Å². The Balaban J connectivity index is 2.44. The van der Waals surface area contributed by atoms with E-state index in [1.807, 2.05) is 19.0 Å². The van der Waals surface area contributed by atoms with Crippen molar-refractivity contribution < 1.29 is 0 Å².